The summed E-state index contributed by atoms with van der Waals surface area (Å²) in [4.78, 5) is 11.7. The Morgan fingerprint density at radius 2 is 2.00 bits per heavy atom. The molecule has 1 aromatic rings. The van der Waals surface area contributed by atoms with Crippen molar-refractivity contribution in [1.82, 2.24) is 0 Å². The van der Waals surface area contributed by atoms with Gasteiger partial charge in [-0.25, -0.2) is 9.18 Å². The maximum absolute atomic E-state index is 13.5. The molecular formula is C11H13BrFNO2. The van der Waals surface area contributed by atoms with Crippen LogP contribution in [0.15, 0.2) is 16.6 Å². The summed E-state index contributed by atoms with van der Waals surface area (Å²) in [5, 5.41) is 0. The average Bonchev–Trinajstić information content (AvgIpc) is 2.09. The van der Waals surface area contributed by atoms with Crippen molar-refractivity contribution in [2.45, 2.75) is 26.4 Å². The molecule has 16 heavy (non-hydrogen) atoms. The number of nitrogens with two attached hydrogens (primary N) is 1. The number of carbonyl (C=O) groups excluding carboxylic acids is 1. The van der Waals surface area contributed by atoms with E-state index < -0.39 is 17.4 Å². The molecule has 0 saturated heterocycles. The van der Waals surface area contributed by atoms with Gasteiger partial charge in [-0.1, -0.05) is 0 Å². The van der Waals surface area contributed by atoms with Gasteiger partial charge in [-0.15, -0.1) is 0 Å². The Morgan fingerprint density at radius 1 is 1.44 bits per heavy atom. The Morgan fingerprint density at radius 3 is 2.50 bits per heavy atom. The van der Waals surface area contributed by atoms with Gasteiger partial charge in [0, 0.05) is 4.47 Å². The normalized spacial score (nSPS) is 11.3. The first kappa shape index (κ1) is 13.0. The quantitative estimate of drug-likeness (QED) is 0.638. The van der Waals surface area contributed by atoms with Crippen LogP contribution in [0, 0.1) is 5.82 Å². The minimum atomic E-state index is -0.760. The summed E-state index contributed by atoms with van der Waals surface area (Å²) in [7, 11) is 0. The van der Waals surface area contributed by atoms with Crippen LogP contribution in [0.4, 0.5) is 10.1 Å². The molecule has 0 saturated carbocycles. The second-order valence-corrected chi connectivity index (χ2v) is 5.17. The molecule has 0 bridgehead atoms. The first-order valence-corrected chi connectivity index (χ1v) is 5.48. The highest BCUT2D eigenvalue weighted by Crippen LogP contribution is 2.27. The van der Waals surface area contributed by atoms with E-state index in [1.165, 1.54) is 12.1 Å². The zero-order valence-corrected chi connectivity index (χ0v) is 10.9. The Labute approximate surface area is 102 Å². The van der Waals surface area contributed by atoms with Crippen molar-refractivity contribution < 1.29 is 13.9 Å². The van der Waals surface area contributed by atoms with Crippen LogP contribution in [0.2, 0.25) is 0 Å². The Kier molecular flexibility index (Phi) is 3.57. The van der Waals surface area contributed by atoms with E-state index in [1.807, 2.05) is 0 Å². The summed E-state index contributed by atoms with van der Waals surface area (Å²) in [5.41, 5.74) is 4.75. The molecule has 1 rings (SSSR count). The molecular weight excluding hydrogens is 277 g/mol. The molecule has 0 spiro atoms. The molecule has 5 heteroatoms. The first-order chi connectivity index (χ1) is 7.22. The predicted octanol–water partition coefficient (Wildman–Crippen LogP) is 3.13. The van der Waals surface area contributed by atoms with E-state index >= 15 is 0 Å². The third kappa shape index (κ3) is 2.95. The van der Waals surface area contributed by atoms with Gasteiger partial charge in [-0.3, -0.25) is 0 Å². The van der Waals surface area contributed by atoms with Crippen LogP contribution in [0.1, 0.15) is 31.1 Å². The molecule has 0 heterocycles. The topological polar surface area (TPSA) is 52.3 Å². The van der Waals surface area contributed by atoms with Gasteiger partial charge in [0.2, 0.25) is 0 Å². The lowest BCUT2D eigenvalue weighted by Crippen LogP contribution is -2.25. The van der Waals surface area contributed by atoms with Gasteiger partial charge < -0.3 is 10.5 Å². The molecule has 0 aromatic heterocycles. The van der Waals surface area contributed by atoms with Crippen LogP contribution in [-0.2, 0) is 4.74 Å². The molecule has 0 aliphatic rings. The van der Waals surface area contributed by atoms with E-state index in [9.17, 15) is 9.18 Å². The molecule has 0 aliphatic heterocycles. The lowest BCUT2D eigenvalue weighted by molar-refractivity contribution is 0.00660. The van der Waals surface area contributed by atoms with Crippen LogP contribution in [0.25, 0.3) is 0 Å². The number of rotatable bonds is 1. The lowest BCUT2D eigenvalue weighted by atomic mass is 10.1. The van der Waals surface area contributed by atoms with E-state index in [-0.39, 0.29) is 11.3 Å². The molecule has 0 radical (unpaired) electrons. The monoisotopic (exact) mass is 289 g/mol. The molecule has 0 amide bonds. The van der Waals surface area contributed by atoms with Gasteiger partial charge in [0.15, 0.2) is 0 Å². The summed E-state index contributed by atoms with van der Waals surface area (Å²) < 4.78 is 19.0. The zero-order valence-electron chi connectivity index (χ0n) is 9.30. The third-order valence-electron chi connectivity index (χ3n) is 1.74. The molecule has 88 valence electrons. The molecule has 2 N–H and O–H groups in total. The van der Waals surface area contributed by atoms with Crippen molar-refractivity contribution in [3.05, 3.63) is 28.0 Å². The maximum Gasteiger partial charge on any atom is 0.343 e. The van der Waals surface area contributed by atoms with Gasteiger partial charge in [0.25, 0.3) is 0 Å². The van der Waals surface area contributed by atoms with Gasteiger partial charge in [0.1, 0.15) is 17.0 Å². The smallest absolute Gasteiger partial charge is 0.343 e. The molecule has 1 aromatic carbocycles. The highest BCUT2D eigenvalue weighted by molar-refractivity contribution is 9.10. The van der Waals surface area contributed by atoms with E-state index in [2.05, 4.69) is 15.9 Å². The number of hydrogen-bond acceptors (Lipinski definition) is 3. The van der Waals surface area contributed by atoms with E-state index in [0.717, 1.165) is 0 Å². The highest BCUT2D eigenvalue weighted by Gasteiger charge is 2.23. The van der Waals surface area contributed by atoms with Crippen molar-refractivity contribution in [2.75, 3.05) is 5.73 Å². The van der Waals surface area contributed by atoms with Crippen LogP contribution in [-0.4, -0.2) is 11.6 Å². The summed E-state index contributed by atoms with van der Waals surface area (Å²) in [5.74, 6) is -1.45. The fraction of sp³-hybridized carbons (Fsp3) is 0.364. The second kappa shape index (κ2) is 4.41. The fourth-order valence-electron chi connectivity index (χ4n) is 1.10. The van der Waals surface area contributed by atoms with Crippen molar-refractivity contribution in [3.8, 4) is 0 Å². The number of anilines is 1. The summed E-state index contributed by atoms with van der Waals surface area (Å²) in [6, 6.07) is 2.61. The first-order valence-electron chi connectivity index (χ1n) is 4.69. The fourth-order valence-corrected chi connectivity index (χ4v) is 1.43. The number of carbonyl (C=O) groups is 1. The van der Waals surface area contributed by atoms with Crippen LogP contribution in [0.3, 0.4) is 0 Å². The molecule has 3 nitrogen and oxygen atoms in total. The van der Waals surface area contributed by atoms with Crippen LogP contribution >= 0.6 is 15.9 Å². The molecule has 0 unspecified atom stereocenters. The Bertz CT molecular complexity index is 427. The van der Waals surface area contributed by atoms with Gasteiger partial charge in [0.05, 0.1) is 5.69 Å². The number of nitrogen functional groups attached to an aromatic ring is 1. The molecule has 0 fully saturated rings. The zero-order chi connectivity index (χ0) is 12.5. The SMILES string of the molecule is CC(C)(C)OC(=O)c1c(F)ccc(Br)c1N. The summed E-state index contributed by atoms with van der Waals surface area (Å²) >= 11 is 3.13. The largest absolute Gasteiger partial charge is 0.456 e. The molecule has 0 atom stereocenters. The minimum absolute atomic E-state index is 0.0502. The number of hydrogen-bond donors (Lipinski definition) is 1. The summed E-state index contributed by atoms with van der Waals surface area (Å²) in [6.45, 7) is 5.12. The van der Waals surface area contributed by atoms with Crippen molar-refractivity contribution in [3.63, 3.8) is 0 Å². The van der Waals surface area contributed by atoms with E-state index in [4.69, 9.17) is 10.5 Å². The van der Waals surface area contributed by atoms with E-state index in [1.54, 1.807) is 20.8 Å². The Balaban J connectivity index is 3.14. The summed E-state index contributed by atoms with van der Waals surface area (Å²) in [6.07, 6.45) is 0. The maximum atomic E-state index is 13.5. The molecule has 0 aliphatic carbocycles. The van der Waals surface area contributed by atoms with Gasteiger partial charge >= 0.3 is 5.97 Å². The second-order valence-electron chi connectivity index (χ2n) is 4.32. The number of benzene rings is 1. The van der Waals surface area contributed by atoms with Crippen LogP contribution in [0.5, 0.6) is 0 Å². The number of esters is 1. The Hall–Kier alpha value is -1.10. The van der Waals surface area contributed by atoms with Crippen molar-refractivity contribution >= 4 is 27.6 Å². The number of ether oxygens (including phenoxy) is 1. The van der Waals surface area contributed by atoms with Gasteiger partial charge in [-0.05, 0) is 48.8 Å². The lowest BCUT2D eigenvalue weighted by Gasteiger charge is -2.20. The highest BCUT2D eigenvalue weighted by atomic mass is 79.9. The van der Waals surface area contributed by atoms with E-state index in [0.29, 0.717) is 4.47 Å². The third-order valence-corrected chi connectivity index (χ3v) is 2.44. The number of halogens is 2. The van der Waals surface area contributed by atoms with Gasteiger partial charge in [-0.2, -0.15) is 0 Å². The van der Waals surface area contributed by atoms with Crippen molar-refractivity contribution in [1.29, 1.82) is 0 Å². The van der Waals surface area contributed by atoms with Crippen LogP contribution < -0.4 is 5.73 Å². The average molecular weight is 290 g/mol. The standard InChI is InChI=1S/C11H13BrFNO2/c1-11(2,3)16-10(15)8-7(13)5-4-6(12)9(8)14/h4-5H,14H2,1-3H3. The van der Waals surface area contributed by atoms with Crippen molar-refractivity contribution in [2.24, 2.45) is 0 Å². The predicted molar refractivity (Wildman–Crippen MR) is 63.7 cm³/mol. The minimum Gasteiger partial charge on any atom is -0.456 e.